The summed E-state index contributed by atoms with van der Waals surface area (Å²) in [4.78, 5) is 43.1. The molecule has 4 fully saturated rings. The normalized spacial score (nSPS) is 25.4. The van der Waals surface area contributed by atoms with Crippen LogP contribution in [-0.2, 0) is 23.7 Å². The van der Waals surface area contributed by atoms with Crippen molar-refractivity contribution in [3.05, 3.63) is 138 Å². The maximum Gasteiger partial charge on any atom is 0.338 e. The van der Waals surface area contributed by atoms with E-state index in [0.717, 1.165) is 0 Å². The van der Waals surface area contributed by atoms with Gasteiger partial charge in [-0.15, -0.1) is 0 Å². The van der Waals surface area contributed by atoms with Crippen molar-refractivity contribution in [2.24, 2.45) is 0 Å². The zero-order chi connectivity index (χ0) is 40.6. The second-order valence-electron chi connectivity index (χ2n) is 12.8. The van der Waals surface area contributed by atoms with Gasteiger partial charge in [0.2, 0.25) is 0 Å². The standard InChI is InChI=1S/C19H16ClNO7.C12H12ClNO6.C7H5ClO/c20-13-8-12(21(23)24)6-7-14(13)27-15-9-25-18-16(10-26-17(15)18)28-19(22)11-4-2-1-3-5-11;13-7-3-6(14(16)17)1-2-9(7)20-10-5-19-11-8(15)4-18-12(10)11;8-7(9)6-4-2-1-3-5-6/h1-8,15-18H,9-10H2;1-3,8,10-12,15H,4-5H2;1-5H/t15-,16-,17+,18+;8-,10-,11+,12+;/m00./s1. The van der Waals surface area contributed by atoms with Crippen LogP contribution >= 0.6 is 34.8 Å². The van der Waals surface area contributed by atoms with Gasteiger partial charge < -0.3 is 38.3 Å². The molecule has 0 unspecified atom stereocenters. The third kappa shape index (κ3) is 10.3. The third-order valence-electron chi connectivity index (χ3n) is 9.02. The Hall–Kier alpha value is -4.91. The van der Waals surface area contributed by atoms with Crippen LogP contribution in [0.5, 0.6) is 11.5 Å². The van der Waals surface area contributed by atoms with Gasteiger partial charge >= 0.3 is 5.97 Å². The number of fused-ring (bicyclic) bond motifs is 2. The van der Waals surface area contributed by atoms with Crippen LogP contribution in [0.15, 0.2) is 97.1 Å². The number of nitro benzene ring substituents is 2. The van der Waals surface area contributed by atoms with Gasteiger partial charge in [0.15, 0.2) is 18.3 Å². The van der Waals surface area contributed by atoms with Crippen molar-refractivity contribution >= 4 is 57.4 Å². The highest BCUT2D eigenvalue weighted by molar-refractivity contribution is 6.67. The van der Waals surface area contributed by atoms with E-state index in [1.165, 1.54) is 36.4 Å². The van der Waals surface area contributed by atoms with Crippen molar-refractivity contribution in [3.8, 4) is 11.5 Å². The number of benzene rings is 4. The number of nitrogens with zero attached hydrogens (tertiary/aromatic N) is 2. The van der Waals surface area contributed by atoms with Gasteiger partial charge in [0.05, 0.1) is 51.9 Å². The molecule has 0 amide bonds. The number of halogens is 3. The fourth-order valence-corrected chi connectivity index (χ4v) is 6.81. The lowest BCUT2D eigenvalue weighted by Gasteiger charge is -2.18. The molecule has 1 N–H and O–H groups in total. The molecule has 0 saturated carbocycles. The lowest BCUT2D eigenvalue weighted by atomic mass is 10.1. The molecule has 8 rings (SSSR count). The number of aliphatic hydroxyl groups is 1. The van der Waals surface area contributed by atoms with Crippen LogP contribution in [0.1, 0.15) is 20.7 Å². The molecule has 0 spiro atoms. The van der Waals surface area contributed by atoms with Crippen LogP contribution in [0.4, 0.5) is 11.4 Å². The summed E-state index contributed by atoms with van der Waals surface area (Å²) >= 11 is 17.2. The van der Waals surface area contributed by atoms with E-state index in [4.69, 9.17) is 68.0 Å². The highest BCUT2D eigenvalue weighted by Crippen LogP contribution is 2.36. The maximum absolute atomic E-state index is 12.3. The van der Waals surface area contributed by atoms with E-state index in [1.807, 2.05) is 12.1 Å². The number of ether oxygens (including phenoxy) is 7. The number of hydrogen-bond donors (Lipinski definition) is 1. The summed E-state index contributed by atoms with van der Waals surface area (Å²) in [5.41, 5.74) is 0.770. The highest BCUT2D eigenvalue weighted by Gasteiger charge is 2.51. The summed E-state index contributed by atoms with van der Waals surface area (Å²) < 4.78 is 39.4. The van der Waals surface area contributed by atoms with E-state index in [0.29, 0.717) is 22.6 Å². The second kappa shape index (κ2) is 19.0. The van der Waals surface area contributed by atoms with Crippen molar-refractivity contribution in [2.45, 2.75) is 48.8 Å². The molecule has 0 aromatic heterocycles. The Morgan fingerprint density at radius 2 is 1.04 bits per heavy atom. The van der Waals surface area contributed by atoms with E-state index in [1.54, 1.807) is 48.5 Å². The Labute approximate surface area is 339 Å². The van der Waals surface area contributed by atoms with Crippen molar-refractivity contribution in [1.82, 2.24) is 0 Å². The largest absolute Gasteiger partial charge is 0.484 e. The Morgan fingerprint density at radius 1 is 0.614 bits per heavy atom. The SMILES string of the molecule is O=C(Cl)c1ccccc1.O=C(O[C@H]1CO[C@H]2[C@@H]1OC[C@@H]2Oc1ccc([N+](=O)[O-])cc1Cl)c1ccccc1.O=[N+]([O-])c1ccc(O[C@H]2CO[C@H]3[C@@H]2OC[C@@H]3O)c(Cl)c1. The number of carbonyl (C=O) groups excluding carboxylic acids is 2. The quantitative estimate of drug-likeness (QED) is 0.0858. The molecule has 4 saturated heterocycles. The van der Waals surface area contributed by atoms with E-state index < -0.39 is 63.8 Å². The zero-order valence-corrected chi connectivity index (χ0v) is 31.7. The number of rotatable bonds is 9. The van der Waals surface area contributed by atoms with E-state index >= 15 is 0 Å². The average Bonchev–Trinajstić information content (AvgIpc) is 4.00. The number of hydrogen-bond acceptors (Lipinski definition) is 14. The molecule has 57 heavy (non-hydrogen) atoms. The first kappa shape index (κ1) is 41.7. The first-order chi connectivity index (χ1) is 27.4. The molecule has 0 bridgehead atoms. The smallest absolute Gasteiger partial charge is 0.338 e. The molecule has 19 heteroatoms. The molecule has 4 aliphatic heterocycles. The number of esters is 1. The van der Waals surface area contributed by atoms with Crippen molar-refractivity contribution in [1.29, 1.82) is 0 Å². The summed E-state index contributed by atoms with van der Waals surface area (Å²) in [5, 5.41) is 30.9. The van der Waals surface area contributed by atoms with Gasteiger partial charge in [-0.1, -0.05) is 71.7 Å². The fraction of sp³-hybridized carbons (Fsp3) is 0.316. The Morgan fingerprint density at radius 3 is 1.49 bits per heavy atom. The molecular weight excluding hydrogens is 815 g/mol. The molecule has 4 aromatic carbocycles. The number of non-ortho nitro benzene ring substituents is 2. The Bertz CT molecular complexity index is 2060. The Balaban J connectivity index is 0.000000164. The summed E-state index contributed by atoms with van der Waals surface area (Å²) in [6.07, 6.45) is -3.68. The molecule has 4 heterocycles. The monoisotopic (exact) mass is 846 g/mol. The molecule has 4 aliphatic rings. The summed E-state index contributed by atoms with van der Waals surface area (Å²) in [6, 6.07) is 25.4. The first-order valence-corrected chi connectivity index (χ1v) is 18.4. The molecule has 0 aliphatic carbocycles. The van der Waals surface area contributed by atoms with Gasteiger partial charge in [-0.25, -0.2) is 4.79 Å². The minimum Gasteiger partial charge on any atom is -0.484 e. The third-order valence-corrected chi connectivity index (χ3v) is 9.83. The minimum atomic E-state index is -0.652. The zero-order valence-electron chi connectivity index (χ0n) is 29.5. The van der Waals surface area contributed by atoms with Crippen molar-refractivity contribution in [2.75, 3.05) is 26.4 Å². The number of nitro groups is 2. The van der Waals surface area contributed by atoms with Crippen LogP contribution in [-0.4, -0.2) is 101 Å². The molecule has 0 radical (unpaired) electrons. The van der Waals surface area contributed by atoms with Gasteiger partial charge in [0, 0.05) is 29.8 Å². The van der Waals surface area contributed by atoms with Gasteiger partial charge in [-0.05, 0) is 35.9 Å². The van der Waals surface area contributed by atoms with Crippen molar-refractivity contribution < 1.29 is 57.7 Å². The highest BCUT2D eigenvalue weighted by atomic mass is 35.5. The van der Waals surface area contributed by atoms with Crippen LogP contribution < -0.4 is 9.47 Å². The van der Waals surface area contributed by atoms with E-state index in [2.05, 4.69) is 0 Å². The van der Waals surface area contributed by atoms with Gasteiger partial charge in [-0.3, -0.25) is 25.0 Å². The van der Waals surface area contributed by atoms with E-state index in [-0.39, 0.29) is 54.0 Å². The molecular formula is C38H33Cl3N2O14. The number of aliphatic hydroxyl groups excluding tert-OH is 1. The van der Waals surface area contributed by atoms with Crippen LogP contribution in [0, 0.1) is 20.2 Å². The average molecular weight is 848 g/mol. The van der Waals surface area contributed by atoms with Crippen LogP contribution in [0.2, 0.25) is 10.0 Å². The topological polar surface area (TPSA) is 205 Å². The first-order valence-electron chi connectivity index (χ1n) is 17.3. The molecule has 4 aromatic rings. The Kier molecular flexibility index (Phi) is 13.9. The lowest BCUT2D eigenvalue weighted by Crippen LogP contribution is -2.36. The predicted molar refractivity (Wildman–Crippen MR) is 202 cm³/mol. The van der Waals surface area contributed by atoms with Gasteiger partial charge in [0.25, 0.3) is 16.6 Å². The van der Waals surface area contributed by atoms with Crippen LogP contribution in [0.3, 0.4) is 0 Å². The molecule has 8 atom stereocenters. The second-order valence-corrected chi connectivity index (χ2v) is 13.9. The lowest BCUT2D eigenvalue weighted by molar-refractivity contribution is -0.385. The number of carbonyl (C=O) groups is 2. The van der Waals surface area contributed by atoms with E-state index in [9.17, 15) is 34.9 Å². The van der Waals surface area contributed by atoms with Crippen LogP contribution in [0.25, 0.3) is 0 Å². The minimum absolute atomic E-state index is 0.101. The summed E-state index contributed by atoms with van der Waals surface area (Å²) in [6.45, 7) is 0.909. The van der Waals surface area contributed by atoms with Gasteiger partial charge in [0.1, 0.15) is 42.0 Å². The molecule has 16 nitrogen and oxygen atoms in total. The summed E-state index contributed by atoms with van der Waals surface area (Å²) in [5.74, 6) is 0.188. The molecule has 300 valence electrons. The van der Waals surface area contributed by atoms with Crippen molar-refractivity contribution in [3.63, 3.8) is 0 Å². The summed E-state index contributed by atoms with van der Waals surface area (Å²) in [7, 11) is 0. The fourth-order valence-electron chi connectivity index (χ4n) is 6.25. The maximum atomic E-state index is 12.3. The van der Waals surface area contributed by atoms with Gasteiger partial charge in [-0.2, -0.15) is 0 Å². The predicted octanol–water partition coefficient (Wildman–Crippen LogP) is 6.24.